The number of fused-ring (bicyclic) bond motifs is 1. The monoisotopic (exact) mass is 325 g/mol. The summed E-state index contributed by atoms with van der Waals surface area (Å²) in [6.07, 6.45) is 5.83. The van der Waals surface area contributed by atoms with Gasteiger partial charge in [0.1, 0.15) is 5.75 Å². The van der Waals surface area contributed by atoms with Crippen molar-refractivity contribution in [2.45, 2.75) is 52.0 Å². The summed E-state index contributed by atoms with van der Waals surface area (Å²) in [5.41, 5.74) is 2.72. The fourth-order valence-corrected chi connectivity index (χ4v) is 3.40. The van der Waals surface area contributed by atoms with Gasteiger partial charge in [-0.15, -0.1) is 0 Å². The molecule has 0 aliphatic carbocycles. The summed E-state index contributed by atoms with van der Waals surface area (Å²) >= 11 is 3.61. The largest absolute Gasteiger partial charge is 0.493 e. The standard InChI is InChI=1S/C16H24BrNO/c1-3-5-15(18-4-2)7-6-12-10-14(17)11-13-8-9-19-16(12)13/h10-11,15,18H,3-9H2,1-2H3. The number of benzene rings is 1. The van der Waals surface area contributed by atoms with E-state index in [1.807, 2.05) is 0 Å². The van der Waals surface area contributed by atoms with Gasteiger partial charge in [0.15, 0.2) is 0 Å². The smallest absolute Gasteiger partial charge is 0.125 e. The highest BCUT2D eigenvalue weighted by Crippen LogP contribution is 2.33. The van der Waals surface area contributed by atoms with E-state index in [2.05, 4.69) is 47.2 Å². The molecule has 106 valence electrons. The molecule has 1 heterocycles. The van der Waals surface area contributed by atoms with Gasteiger partial charge in [0.2, 0.25) is 0 Å². The van der Waals surface area contributed by atoms with Crippen LogP contribution in [-0.2, 0) is 12.8 Å². The Morgan fingerprint density at radius 2 is 2.16 bits per heavy atom. The second kappa shape index (κ2) is 7.30. The van der Waals surface area contributed by atoms with Crippen molar-refractivity contribution in [1.82, 2.24) is 5.32 Å². The summed E-state index contributed by atoms with van der Waals surface area (Å²) in [6, 6.07) is 5.05. The first kappa shape index (κ1) is 14.9. The average molecular weight is 326 g/mol. The van der Waals surface area contributed by atoms with Crippen LogP contribution in [0.1, 0.15) is 44.2 Å². The first-order valence-electron chi connectivity index (χ1n) is 7.42. The Bertz CT molecular complexity index is 413. The molecular formula is C16H24BrNO. The van der Waals surface area contributed by atoms with Crippen LogP contribution in [-0.4, -0.2) is 19.2 Å². The minimum absolute atomic E-state index is 0.631. The summed E-state index contributed by atoms with van der Waals surface area (Å²) in [5, 5.41) is 3.58. The zero-order chi connectivity index (χ0) is 13.7. The highest BCUT2D eigenvalue weighted by molar-refractivity contribution is 9.10. The summed E-state index contributed by atoms with van der Waals surface area (Å²) < 4.78 is 6.98. The molecule has 2 nitrogen and oxygen atoms in total. The highest BCUT2D eigenvalue weighted by atomic mass is 79.9. The molecule has 1 unspecified atom stereocenters. The zero-order valence-corrected chi connectivity index (χ0v) is 13.6. The maximum atomic E-state index is 5.80. The van der Waals surface area contributed by atoms with E-state index in [0.29, 0.717) is 6.04 Å². The normalized spacial score (nSPS) is 15.1. The Hall–Kier alpha value is -0.540. The molecule has 1 aliphatic heterocycles. The third-order valence-electron chi connectivity index (χ3n) is 3.72. The molecule has 0 bridgehead atoms. The first-order chi connectivity index (χ1) is 9.24. The van der Waals surface area contributed by atoms with Crippen LogP contribution in [0.4, 0.5) is 0 Å². The van der Waals surface area contributed by atoms with E-state index in [-0.39, 0.29) is 0 Å². The van der Waals surface area contributed by atoms with Gasteiger partial charge in [0.05, 0.1) is 6.61 Å². The molecule has 0 radical (unpaired) electrons. The highest BCUT2D eigenvalue weighted by Gasteiger charge is 2.18. The van der Waals surface area contributed by atoms with Gasteiger partial charge in [-0.2, -0.15) is 0 Å². The van der Waals surface area contributed by atoms with Crippen LogP contribution in [0.25, 0.3) is 0 Å². The van der Waals surface area contributed by atoms with Gasteiger partial charge >= 0.3 is 0 Å². The van der Waals surface area contributed by atoms with E-state index < -0.39 is 0 Å². The van der Waals surface area contributed by atoms with Crippen molar-refractivity contribution in [3.8, 4) is 5.75 Å². The first-order valence-corrected chi connectivity index (χ1v) is 8.21. The molecule has 1 aromatic carbocycles. The van der Waals surface area contributed by atoms with Gasteiger partial charge in [0, 0.05) is 16.9 Å². The van der Waals surface area contributed by atoms with Crippen molar-refractivity contribution in [2.24, 2.45) is 0 Å². The van der Waals surface area contributed by atoms with Crippen LogP contribution in [0.15, 0.2) is 16.6 Å². The Morgan fingerprint density at radius 1 is 1.32 bits per heavy atom. The topological polar surface area (TPSA) is 21.3 Å². The maximum absolute atomic E-state index is 5.80. The number of halogens is 1. The molecule has 0 amide bonds. The summed E-state index contributed by atoms with van der Waals surface area (Å²) in [7, 11) is 0. The molecule has 1 aliphatic rings. The minimum Gasteiger partial charge on any atom is -0.493 e. The van der Waals surface area contributed by atoms with Gasteiger partial charge < -0.3 is 10.1 Å². The zero-order valence-electron chi connectivity index (χ0n) is 12.0. The summed E-state index contributed by atoms with van der Waals surface area (Å²) in [5.74, 6) is 1.15. The molecule has 1 aromatic rings. The fraction of sp³-hybridized carbons (Fsp3) is 0.625. The quantitative estimate of drug-likeness (QED) is 0.815. The number of ether oxygens (including phenoxy) is 1. The lowest BCUT2D eigenvalue weighted by Gasteiger charge is -2.18. The molecule has 0 spiro atoms. The average Bonchev–Trinajstić information content (AvgIpc) is 2.84. The fourth-order valence-electron chi connectivity index (χ4n) is 2.85. The molecule has 0 fully saturated rings. The van der Waals surface area contributed by atoms with Crippen LogP contribution < -0.4 is 10.1 Å². The Labute approximate surface area is 125 Å². The van der Waals surface area contributed by atoms with Gasteiger partial charge in [-0.3, -0.25) is 0 Å². The molecule has 3 heteroatoms. The Balaban J connectivity index is 2.02. The maximum Gasteiger partial charge on any atom is 0.125 e. The second-order valence-corrected chi connectivity index (χ2v) is 6.15. The minimum atomic E-state index is 0.631. The summed E-state index contributed by atoms with van der Waals surface area (Å²) in [6.45, 7) is 6.33. The van der Waals surface area contributed by atoms with Crippen molar-refractivity contribution >= 4 is 15.9 Å². The van der Waals surface area contributed by atoms with Crippen molar-refractivity contribution in [3.05, 3.63) is 27.7 Å². The molecule has 1 N–H and O–H groups in total. The predicted molar refractivity (Wildman–Crippen MR) is 84.0 cm³/mol. The van der Waals surface area contributed by atoms with E-state index in [4.69, 9.17) is 4.74 Å². The van der Waals surface area contributed by atoms with Crippen LogP contribution >= 0.6 is 15.9 Å². The van der Waals surface area contributed by atoms with Crippen molar-refractivity contribution in [1.29, 1.82) is 0 Å². The number of hydrogen-bond donors (Lipinski definition) is 1. The van der Waals surface area contributed by atoms with Gasteiger partial charge in [-0.1, -0.05) is 36.2 Å². The van der Waals surface area contributed by atoms with Crippen molar-refractivity contribution in [2.75, 3.05) is 13.2 Å². The summed E-state index contributed by atoms with van der Waals surface area (Å²) in [4.78, 5) is 0. The predicted octanol–water partition coefficient (Wildman–Crippen LogP) is 4.09. The third-order valence-corrected chi connectivity index (χ3v) is 4.18. The molecular weight excluding hydrogens is 302 g/mol. The van der Waals surface area contributed by atoms with E-state index >= 15 is 0 Å². The number of hydrogen-bond acceptors (Lipinski definition) is 2. The SMILES string of the molecule is CCCC(CCc1cc(Br)cc2c1OCC2)NCC. The number of aryl methyl sites for hydroxylation is 1. The van der Waals surface area contributed by atoms with Gasteiger partial charge in [-0.25, -0.2) is 0 Å². The van der Waals surface area contributed by atoms with Crippen molar-refractivity contribution < 1.29 is 4.74 Å². The molecule has 0 saturated heterocycles. The van der Waals surface area contributed by atoms with E-state index in [0.717, 1.165) is 31.7 Å². The third kappa shape index (κ3) is 3.96. The van der Waals surface area contributed by atoms with E-state index in [1.54, 1.807) is 0 Å². The Kier molecular flexibility index (Phi) is 5.71. The molecule has 2 rings (SSSR count). The van der Waals surface area contributed by atoms with Gasteiger partial charge in [-0.05, 0) is 49.1 Å². The second-order valence-electron chi connectivity index (χ2n) is 5.23. The molecule has 19 heavy (non-hydrogen) atoms. The number of rotatable bonds is 7. The lowest BCUT2D eigenvalue weighted by Crippen LogP contribution is -2.29. The van der Waals surface area contributed by atoms with Crippen LogP contribution in [0.5, 0.6) is 5.75 Å². The number of nitrogens with one attached hydrogen (secondary N) is 1. The van der Waals surface area contributed by atoms with Crippen molar-refractivity contribution in [3.63, 3.8) is 0 Å². The lowest BCUT2D eigenvalue weighted by molar-refractivity contribution is 0.352. The van der Waals surface area contributed by atoms with E-state index in [9.17, 15) is 0 Å². The molecule has 1 atom stereocenters. The molecule has 0 saturated carbocycles. The van der Waals surface area contributed by atoms with E-state index in [1.165, 1.54) is 34.9 Å². The van der Waals surface area contributed by atoms with Crippen LogP contribution in [0, 0.1) is 0 Å². The molecule has 0 aromatic heterocycles. The van der Waals surface area contributed by atoms with Gasteiger partial charge in [0.25, 0.3) is 0 Å². The Morgan fingerprint density at radius 3 is 2.89 bits per heavy atom. The lowest BCUT2D eigenvalue weighted by atomic mass is 9.99. The van der Waals surface area contributed by atoms with Crippen LogP contribution in [0.2, 0.25) is 0 Å². The van der Waals surface area contributed by atoms with Crippen LogP contribution in [0.3, 0.4) is 0 Å².